The summed E-state index contributed by atoms with van der Waals surface area (Å²) in [6.45, 7) is 0.950. The van der Waals surface area contributed by atoms with Gasteiger partial charge in [0.05, 0.1) is 36.2 Å². The Bertz CT molecular complexity index is 1060. The van der Waals surface area contributed by atoms with Crippen LogP contribution in [0.2, 0.25) is 5.02 Å². The first-order valence-corrected chi connectivity index (χ1v) is 11.2. The van der Waals surface area contributed by atoms with E-state index in [1.165, 1.54) is 29.8 Å². The fourth-order valence-corrected chi connectivity index (χ4v) is 4.42. The Kier molecular flexibility index (Phi) is 8.22. The van der Waals surface area contributed by atoms with Gasteiger partial charge in [-0.3, -0.25) is 4.79 Å². The summed E-state index contributed by atoms with van der Waals surface area (Å²) >= 11 is 7.89. The number of nitrogens with one attached hydrogen (secondary N) is 1. The van der Waals surface area contributed by atoms with E-state index in [1.807, 2.05) is 0 Å². The van der Waals surface area contributed by atoms with E-state index in [-0.39, 0.29) is 16.4 Å². The third-order valence-corrected chi connectivity index (χ3v) is 6.34. The van der Waals surface area contributed by atoms with Crippen molar-refractivity contribution in [2.75, 3.05) is 6.61 Å². The minimum absolute atomic E-state index is 0.0358. The summed E-state index contributed by atoms with van der Waals surface area (Å²) in [5.74, 6) is -0.581. The molecule has 2 unspecified atom stereocenters. The zero-order chi connectivity index (χ0) is 22.5. The van der Waals surface area contributed by atoms with Crippen molar-refractivity contribution in [3.8, 4) is 11.4 Å². The number of rotatable bonds is 10. The molecule has 0 aliphatic carbocycles. The number of aromatic amines is 1. The number of benzene rings is 1. The summed E-state index contributed by atoms with van der Waals surface area (Å²) in [6.07, 6.45) is -1.55. The average Bonchev–Trinajstić information content (AvgIpc) is 3.36. The first-order valence-electron chi connectivity index (χ1n) is 9.09. The topological polar surface area (TPSA) is 133 Å². The Morgan fingerprint density at radius 3 is 2.81 bits per heavy atom. The highest BCUT2D eigenvalue weighted by atomic mass is 35.5. The number of H-pyrrole nitrogens is 1. The van der Waals surface area contributed by atoms with Crippen molar-refractivity contribution in [1.82, 2.24) is 20.0 Å². The first-order chi connectivity index (χ1) is 14.8. The summed E-state index contributed by atoms with van der Waals surface area (Å²) in [5.41, 5.74) is -0.0200. The number of ether oxygens (including phenoxy) is 1. The van der Waals surface area contributed by atoms with Gasteiger partial charge in [0, 0.05) is 10.3 Å². The maximum absolute atomic E-state index is 13.5. The van der Waals surface area contributed by atoms with Crippen molar-refractivity contribution in [2.24, 2.45) is 0 Å². The highest BCUT2D eigenvalue weighted by molar-refractivity contribution is 7.99. The van der Waals surface area contributed by atoms with E-state index >= 15 is 0 Å². The normalized spacial score (nSPS) is 15.5. The molecule has 0 radical (unpaired) electrons. The van der Waals surface area contributed by atoms with Crippen molar-refractivity contribution in [3.05, 3.63) is 50.3 Å². The molecule has 0 saturated heterocycles. The number of aliphatic hydroxyl groups is 3. The molecule has 3 aromatic rings. The van der Waals surface area contributed by atoms with Crippen LogP contribution in [0.5, 0.6) is 0 Å². The van der Waals surface area contributed by atoms with Gasteiger partial charge in [0.2, 0.25) is 0 Å². The Labute approximate surface area is 189 Å². The van der Waals surface area contributed by atoms with E-state index in [0.717, 1.165) is 23.1 Å². The third-order valence-electron chi connectivity index (χ3n) is 4.19. The molecule has 2 heterocycles. The molecule has 0 amide bonds. The number of aromatic nitrogens is 4. The Balaban J connectivity index is 1.77. The fraction of sp³-hybridized carbons (Fsp3) is 0.389. The molecule has 31 heavy (non-hydrogen) atoms. The van der Waals surface area contributed by atoms with Crippen molar-refractivity contribution in [1.29, 1.82) is 0 Å². The minimum Gasteiger partial charge on any atom is -0.394 e. The van der Waals surface area contributed by atoms with Gasteiger partial charge in [0.25, 0.3) is 0 Å². The maximum atomic E-state index is 13.5. The summed E-state index contributed by atoms with van der Waals surface area (Å²) in [4.78, 5) is 14.2. The van der Waals surface area contributed by atoms with E-state index in [1.54, 1.807) is 11.6 Å². The van der Waals surface area contributed by atoms with Crippen LogP contribution < -0.4 is 4.87 Å². The van der Waals surface area contributed by atoms with Crippen molar-refractivity contribution >= 4 is 34.7 Å². The standard InChI is InChI=1S/C18H20ClFN4O5S2/c1-9(26)16(7-25)29-17(31-10-2-3-12(20)11(19)4-10)15(27)6-24-5-13(22-23-24)14-8-30-18(28)21-14/h2-5,8-9,15-17,25-27H,6-7H2,1H3,(H,21,28)/t9-,15+,16?,17?/m1/s1. The Hall–Kier alpha value is -1.80. The predicted molar refractivity (Wildman–Crippen MR) is 115 cm³/mol. The van der Waals surface area contributed by atoms with Crippen LogP contribution in [0.4, 0.5) is 4.39 Å². The smallest absolute Gasteiger partial charge is 0.304 e. The largest absolute Gasteiger partial charge is 0.394 e. The lowest BCUT2D eigenvalue weighted by Crippen LogP contribution is -2.39. The molecule has 1 aromatic carbocycles. The van der Waals surface area contributed by atoms with Crippen LogP contribution in [0.25, 0.3) is 11.4 Å². The quantitative estimate of drug-likeness (QED) is 0.249. The monoisotopic (exact) mass is 490 g/mol. The first kappa shape index (κ1) is 23.9. The number of hydrogen-bond acceptors (Lipinski definition) is 9. The molecule has 0 saturated carbocycles. The molecule has 0 fully saturated rings. The number of thiazole rings is 1. The average molecular weight is 491 g/mol. The number of thioether (sulfide) groups is 1. The third kappa shape index (κ3) is 6.35. The molecule has 0 bridgehead atoms. The van der Waals surface area contributed by atoms with Crippen LogP contribution >= 0.6 is 34.7 Å². The maximum Gasteiger partial charge on any atom is 0.304 e. The number of halogens is 2. The number of aliphatic hydroxyl groups excluding tert-OH is 3. The van der Waals surface area contributed by atoms with Crippen LogP contribution in [0.15, 0.2) is 39.5 Å². The second-order valence-electron chi connectivity index (χ2n) is 6.61. The Morgan fingerprint density at radius 2 is 2.19 bits per heavy atom. The minimum atomic E-state index is -1.15. The number of nitrogens with zero attached hydrogens (tertiary/aromatic N) is 3. The summed E-state index contributed by atoms with van der Waals surface area (Å²) < 4.78 is 20.6. The van der Waals surface area contributed by atoms with Gasteiger partial charge in [-0.25, -0.2) is 9.07 Å². The van der Waals surface area contributed by atoms with Gasteiger partial charge in [0.1, 0.15) is 29.2 Å². The molecule has 9 nitrogen and oxygen atoms in total. The SMILES string of the molecule is C[C@@H](O)C(CO)OC(Sc1ccc(F)c(Cl)c1)[C@@H](O)Cn1cc(-c2csc(=O)[nH]2)nn1. The van der Waals surface area contributed by atoms with Crippen molar-refractivity contribution < 1.29 is 24.4 Å². The van der Waals surface area contributed by atoms with Crippen LogP contribution in [-0.2, 0) is 11.3 Å². The van der Waals surface area contributed by atoms with Crippen LogP contribution in [-0.4, -0.2) is 65.7 Å². The molecule has 4 atom stereocenters. The summed E-state index contributed by atoms with van der Waals surface area (Å²) in [7, 11) is 0. The zero-order valence-corrected chi connectivity index (χ0v) is 18.6. The van der Waals surface area contributed by atoms with Gasteiger partial charge in [0.15, 0.2) is 0 Å². The predicted octanol–water partition coefficient (Wildman–Crippen LogP) is 1.72. The van der Waals surface area contributed by atoms with E-state index < -0.39 is 36.2 Å². The van der Waals surface area contributed by atoms with Gasteiger partial charge in [-0.05, 0) is 25.1 Å². The molecule has 0 aliphatic rings. The van der Waals surface area contributed by atoms with Crippen molar-refractivity contribution in [3.63, 3.8) is 0 Å². The highest BCUT2D eigenvalue weighted by Gasteiger charge is 2.28. The molecule has 13 heteroatoms. The van der Waals surface area contributed by atoms with E-state index in [0.29, 0.717) is 16.3 Å². The summed E-state index contributed by atoms with van der Waals surface area (Å²) in [6, 6.07) is 4.06. The molecular weight excluding hydrogens is 471 g/mol. The summed E-state index contributed by atoms with van der Waals surface area (Å²) in [5, 5.41) is 39.5. The van der Waals surface area contributed by atoms with E-state index in [9.17, 15) is 24.5 Å². The lowest BCUT2D eigenvalue weighted by Gasteiger charge is -2.28. The zero-order valence-electron chi connectivity index (χ0n) is 16.2. The Morgan fingerprint density at radius 1 is 1.42 bits per heavy atom. The van der Waals surface area contributed by atoms with E-state index in [2.05, 4.69) is 15.3 Å². The van der Waals surface area contributed by atoms with Crippen molar-refractivity contribution in [2.45, 2.75) is 42.1 Å². The highest BCUT2D eigenvalue weighted by Crippen LogP contribution is 2.31. The van der Waals surface area contributed by atoms with Gasteiger partial charge in [-0.1, -0.05) is 39.9 Å². The van der Waals surface area contributed by atoms with Crippen LogP contribution in [0.1, 0.15) is 6.92 Å². The van der Waals surface area contributed by atoms with Gasteiger partial charge >= 0.3 is 4.87 Å². The molecule has 0 aliphatic heterocycles. The van der Waals surface area contributed by atoms with Gasteiger partial charge in [-0.15, -0.1) is 5.10 Å². The molecule has 4 N–H and O–H groups in total. The van der Waals surface area contributed by atoms with E-state index in [4.69, 9.17) is 16.3 Å². The molecular formula is C18H20ClFN4O5S2. The molecule has 3 rings (SSSR count). The number of hydrogen-bond donors (Lipinski definition) is 4. The van der Waals surface area contributed by atoms with Gasteiger partial charge in [-0.2, -0.15) is 0 Å². The molecule has 2 aromatic heterocycles. The van der Waals surface area contributed by atoms with Gasteiger partial charge < -0.3 is 25.0 Å². The lowest BCUT2D eigenvalue weighted by molar-refractivity contribution is -0.0972. The fourth-order valence-electron chi connectivity index (χ4n) is 2.56. The second-order valence-corrected chi connectivity index (χ2v) is 9.04. The van der Waals surface area contributed by atoms with Crippen LogP contribution in [0.3, 0.4) is 0 Å². The molecule has 0 spiro atoms. The van der Waals surface area contributed by atoms with Crippen LogP contribution in [0, 0.1) is 5.82 Å². The lowest BCUT2D eigenvalue weighted by atomic mass is 10.2. The second kappa shape index (κ2) is 10.7. The molecule has 168 valence electrons.